The highest BCUT2D eigenvalue weighted by Gasteiger charge is 2.45. The summed E-state index contributed by atoms with van der Waals surface area (Å²) >= 11 is 0. The maximum Gasteiger partial charge on any atom is 0.490 e. The quantitative estimate of drug-likeness (QED) is 0.772. The van der Waals surface area contributed by atoms with Crippen LogP contribution in [0.4, 0.5) is 13.2 Å². The number of rotatable bonds is 5. The van der Waals surface area contributed by atoms with Gasteiger partial charge in [-0.15, -0.1) is 0 Å². The van der Waals surface area contributed by atoms with Gasteiger partial charge in [0.25, 0.3) is 0 Å². The third kappa shape index (κ3) is 6.15. The van der Waals surface area contributed by atoms with E-state index in [4.69, 9.17) is 19.4 Å². The van der Waals surface area contributed by atoms with Crippen molar-refractivity contribution in [3.05, 3.63) is 30.1 Å². The van der Waals surface area contributed by atoms with Gasteiger partial charge in [-0.3, -0.25) is 9.78 Å². The zero-order valence-corrected chi connectivity index (χ0v) is 16.4. The van der Waals surface area contributed by atoms with E-state index < -0.39 is 12.1 Å². The molecule has 10 heteroatoms. The predicted molar refractivity (Wildman–Crippen MR) is 98.6 cm³/mol. The number of hydrogen-bond acceptors (Lipinski definition) is 5. The number of morpholine rings is 1. The summed E-state index contributed by atoms with van der Waals surface area (Å²) in [5.41, 5.74) is 0.833. The zero-order valence-electron chi connectivity index (χ0n) is 16.4. The van der Waals surface area contributed by atoms with E-state index in [0.29, 0.717) is 19.6 Å². The summed E-state index contributed by atoms with van der Waals surface area (Å²) < 4.78 is 43.8. The SMILES string of the molecule is O=C(Cc1ccccn1)N1CCO[C@H]2[C@H](OCC3CC3)CC[C@@H]21.O=C(O)C(F)(F)F. The molecule has 3 fully saturated rings. The Kier molecular flexibility index (Phi) is 7.30. The summed E-state index contributed by atoms with van der Waals surface area (Å²) in [4.78, 5) is 27.8. The molecule has 1 saturated heterocycles. The highest BCUT2D eigenvalue weighted by Crippen LogP contribution is 2.35. The molecular weight excluding hydrogens is 405 g/mol. The van der Waals surface area contributed by atoms with Gasteiger partial charge in [-0.1, -0.05) is 6.07 Å². The largest absolute Gasteiger partial charge is 0.490 e. The topological polar surface area (TPSA) is 89.0 Å². The van der Waals surface area contributed by atoms with Gasteiger partial charge in [-0.2, -0.15) is 13.2 Å². The van der Waals surface area contributed by atoms with Crippen molar-refractivity contribution in [3.8, 4) is 0 Å². The van der Waals surface area contributed by atoms with Crippen molar-refractivity contribution in [2.75, 3.05) is 19.8 Å². The summed E-state index contributed by atoms with van der Waals surface area (Å²) in [5, 5.41) is 7.12. The number of amides is 1. The van der Waals surface area contributed by atoms with Gasteiger partial charge in [0.1, 0.15) is 6.10 Å². The van der Waals surface area contributed by atoms with Crippen LogP contribution in [0.2, 0.25) is 0 Å². The first-order valence-electron chi connectivity index (χ1n) is 9.98. The minimum absolute atomic E-state index is 0.0511. The first kappa shape index (κ1) is 22.5. The molecule has 1 aromatic heterocycles. The number of alkyl halides is 3. The molecule has 166 valence electrons. The van der Waals surface area contributed by atoms with Crippen LogP contribution < -0.4 is 0 Å². The highest BCUT2D eigenvalue weighted by molar-refractivity contribution is 5.79. The average molecular weight is 430 g/mol. The average Bonchev–Trinajstić information content (AvgIpc) is 3.45. The Morgan fingerprint density at radius 2 is 1.97 bits per heavy atom. The lowest BCUT2D eigenvalue weighted by molar-refractivity contribution is -0.192. The number of carboxylic acid groups (broad SMARTS) is 1. The number of aromatic nitrogens is 1. The normalized spacial score (nSPS) is 25.8. The molecular formula is C20H25F3N2O5. The summed E-state index contributed by atoms with van der Waals surface area (Å²) in [7, 11) is 0. The highest BCUT2D eigenvalue weighted by atomic mass is 19.4. The molecule has 3 atom stereocenters. The molecule has 0 radical (unpaired) electrons. The van der Waals surface area contributed by atoms with Crippen molar-refractivity contribution in [1.82, 2.24) is 9.88 Å². The number of aliphatic carboxylic acids is 1. The number of carbonyl (C=O) groups is 2. The first-order chi connectivity index (χ1) is 14.3. The van der Waals surface area contributed by atoms with E-state index >= 15 is 0 Å². The van der Waals surface area contributed by atoms with Gasteiger partial charge in [-0.05, 0) is 43.7 Å². The smallest absolute Gasteiger partial charge is 0.475 e. The van der Waals surface area contributed by atoms with E-state index in [1.54, 1.807) is 6.20 Å². The van der Waals surface area contributed by atoms with Crippen LogP contribution in [0.15, 0.2) is 24.4 Å². The second-order valence-electron chi connectivity index (χ2n) is 7.68. The minimum Gasteiger partial charge on any atom is -0.475 e. The number of ether oxygens (including phenoxy) is 2. The first-order valence-corrected chi connectivity index (χ1v) is 9.98. The van der Waals surface area contributed by atoms with Crippen molar-refractivity contribution in [3.63, 3.8) is 0 Å². The van der Waals surface area contributed by atoms with Crippen LogP contribution in [-0.4, -0.2) is 71.1 Å². The van der Waals surface area contributed by atoms with Crippen molar-refractivity contribution in [1.29, 1.82) is 0 Å². The number of hydrogen-bond donors (Lipinski definition) is 1. The van der Waals surface area contributed by atoms with E-state index in [-0.39, 0.29) is 24.2 Å². The Labute approximate surface area is 172 Å². The van der Waals surface area contributed by atoms with E-state index in [2.05, 4.69) is 4.98 Å². The molecule has 2 saturated carbocycles. The number of halogens is 3. The number of carbonyl (C=O) groups excluding carboxylic acids is 1. The molecule has 1 amide bonds. The van der Waals surface area contributed by atoms with Gasteiger partial charge in [0.2, 0.25) is 5.91 Å². The number of carboxylic acids is 1. The van der Waals surface area contributed by atoms with Crippen LogP contribution >= 0.6 is 0 Å². The van der Waals surface area contributed by atoms with Crippen molar-refractivity contribution < 1.29 is 37.3 Å². The molecule has 0 aromatic carbocycles. The van der Waals surface area contributed by atoms with Gasteiger partial charge in [0.05, 0.1) is 25.2 Å². The monoisotopic (exact) mass is 430 g/mol. The Hall–Kier alpha value is -2.20. The Morgan fingerprint density at radius 1 is 1.23 bits per heavy atom. The van der Waals surface area contributed by atoms with E-state index in [1.165, 1.54) is 12.8 Å². The molecule has 1 aliphatic heterocycles. The summed E-state index contributed by atoms with van der Waals surface area (Å²) in [6.45, 7) is 2.15. The van der Waals surface area contributed by atoms with Gasteiger partial charge in [-0.25, -0.2) is 4.79 Å². The van der Waals surface area contributed by atoms with Gasteiger partial charge in [0, 0.05) is 25.0 Å². The molecule has 0 unspecified atom stereocenters. The molecule has 0 spiro atoms. The Bertz CT molecular complexity index is 727. The van der Waals surface area contributed by atoms with Crippen LogP contribution in [0.25, 0.3) is 0 Å². The molecule has 2 aliphatic carbocycles. The molecule has 4 rings (SSSR count). The van der Waals surface area contributed by atoms with Gasteiger partial charge < -0.3 is 19.5 Å². The van der Waals surface area contributed by atoms with Gasteiger partial charge in [0.15, 0.2) is 0 Å². The molecule has 1 aromatic rings. The van der Waals surface area contributed by atoms with E-state index in [1.807, 2.05) is 23.1 Å². The number of fused-ring (bicyclic) bond motifs is 1. The van der Waals surface area contributed by atoms with Gasteiger partial charge >= 0.3 is 12.1 Å². The maximum absolute atomic E-state index is 12.7. The lowest BCUT2D eigenvalue weighted by Gasteiger charge is -2.39. The van der Waals surface area contributed by atoms with Crippen LogP contribution in [-0.2, 0) is 25.5 Å². The van der Waals surface area contributed by atoms with Crippen LogP contribution in [0.3, 0.4) is 0 Å². The second-order valence-corrected chi connectivity index (χ2v) is 7.68. The molecule has 2 heterocycles. The minimum atomic E-state index is -5.08. The fourth-order valence-electron chi connectivity index (χ4n) is 3.71. The Morgan fingerprint density at radius 3 is 2.57 bits per heavy atom. The lowest BCUT2D eigenvalue weighted by atomic mass is 10.1. The Balaban J connectivity index is 0.000000318. The van der Waals surface area contributed by atoms with E-state index in [0.717, 1.165) is 31.1 Å². The standard InChI is InChI=1S/C18H24N2O3.C2HF3O2/c21-17(11-14-3-1-2-8-19-14)20-9-10-22-18-15(20)6-7-16(18)23-12-13-4-5-13;3-2(4,5)1(6)7/h1-3,8,13,15-16,18H,4-7,9-12H2;(H,6,7)/t15-,16+,18+;/m0./s1. The summed E-state index contributed by atoms with van der Waals surface area (Å²) in [6.07, 6.45) is 1.82. The predicted octanol–water partition coefficient (Wildman–Crippen LogP) is 2.44. The van der Waals surface area contributed by atoms with Crippen molar-refractivity contribution in [2.24, 2.45) is 5.92 Å². The van der Waals surface area contributed by atoms with Crippen LogP contribution in [0.5, 0.6) is 0 Å². The molecule has 30 heavy (non-hydrogen) atoms. The molecule has 1 N–H and O–H groups in total. The van der Waals surface area contributed by atoms with Crippen LogP contribution in [0, 0.1) is 5.92 Å². The van der Waals surface area contributed by atoms with E-state index in [9.17, 15) is 18.0 Å². The fourth-order valence-corrected chi connectivity index (χ4v) is 3.71. The zero-order chi connectivity index (χ0) is 21.7. The molecule has 7 nitrogen and oxygen atoms in total. The summed E-state index contributed by atoms with van der Waals surface area (Å²) in [5.74, 6) is -1.84. The molecule has 3 aliphatic rings. The fraction of sp³-hybridized carbons (Fsp3) is 0.650. The number of nitrogens with zero attached hydrogens (tertiary/aromatic N) is 2. The number of pyridine rings is 1. The maximum atomic E-state index is 12.7. The third-order valence-electron chi connectivity index (χ3n) is 5.40. The summed E-state index contributed by atoms with van der Waals surface area (Å²) in [6, 6.07) is 5.88. The lowest BCUT2D eigenvalue weighted by Crippen LogP contribution is -2.54. The molecule has 0 bridgehead atoms. The van der Waals surface area contributed by atoms with Crippen LogP contribution in [0.1, 0.15) is 31.4 Å². The third-order valence-corrected chi connectivity index (χ3v) is 5.40. The van der Waals surface area contributed by atoms with Crippen molar-refractivity contribution in [2.45, 2.75) is 56.5 Å². The second kappa shape index (κ2) is 9.74. The van der Waals surface area contributed by atoms with Crippen molar-refractivity contribution >= 4 is 11.9 Å².